The fourth-order valence-electron chi connectivity index (χ4n) is 2.43. The second-order valence-corrected chi connectivity index (χ2v) is 5.43. The van der Waals surface area contributed by atoms with Gasteiger partial charge in [-0.3, -0.25) is 4.90 Å². The summed E-state index contributed by atoms with van der Waals surface area (Å²) in [4.78, 5) is 2.46. The maximum absolute atomic E-state index is 9.26. The van der Waals surface area contributed by atoms with E-state index in [2.05, 4.69) is 17.0 Å². The summed E-state index contributed by atoms with van der Waals surface area (Å²) in [7, 11) is 0. The molecule has 106 valence electrons. The molecule has 0 radical (unpaired) electrons. The molecule has 0 spiro atoms. The average Bonchev–Trinajstić information content (AvgIpc) is 2.91. The lowest BCUT2D eigenvalue weighted by molar-refractivity contribution is 0.185. The Kier molecular flexibility index (Phi) is 5.67. The van der Waals surface area contributed by atoms with Crippen molar-refractivity contribution in [3.8, 4) is 5.75 Å². The van der Waals surface area contributed by atoms with Crippen molar-refractivity contribution in [2.75, 3.05) is 26.2 Å². The van der Waals surface area contributed by atoms with Crippen molar-refractivity contribution >= 4 is 0 Å². The van der Waals surface area contributed by atoms with Gasteiger partial charge in [-0.05, 0) is 63.4 Å². The Morgan fingerprint density at radius 3 is 2.53 bits per heavy atom. The summed E-state index contributed by atoms with van der Waals surface area (Å²) in [6.45, 7) is 6.08. The highest BCUT2D eigenvalue weighted by Crippen LogP contribution is 2.14. The average molecular weight is 263 g/mol. The standard InChI is InChI=1S/C16H25NO2/c1-14(18)4-5-15-6-8-16(9-7-15)19-13-12-17-10-2-3-11-17/h6-9,14,18H,2-5,10-13H2,1H3. The molecule has 0 bridgehead atoms. The van der Waals surface area contributed by atoms with E-state index >= 15 is 0 Å². The summed E-state index contributed by atoms with van der Waals surface area (Å²) in [5, 5.41) is 9.26. The highest BCUT2D eigenvalue weighted by atomic mass is 16.5. The molecule has 1 fully saturated rings. The number of aliphatic hydroxyl groups is 1. The summed E-state index contributed by atoms with van der Waals surface area (Å²) in [6.07, 6.45) is 4.17. The summed E-state index contributed by atoms with van der Waals surface area (Å²) < 4.78 is 5.76. The molecule has 0 aromatic heterocycles. The van der Waals surface area contributed by atoms with E-state index in [1.165, 1.54) is 31.5 Å². The van der Waals surface area contributed by atoms with Crippen LogP contribution in [0.1, 0.15) is 31.7 Å². The van der Waals surface area contributed by atoms with Crippen LogP contribution in [0.4, 0.5) is 0 Å². The fraction of sp³-hybridized carbons (Fsp3) is 0.625. The molecule has 1 N–H and O–H groups in total. The van der Waals surface area contributed by atoms with Gasteiger partial charge in [-0.1, -0.05) is 12.1 Å². The second-order valence-electron chi connectivity index (χ2n) is 5.43. The number of hydrogen-bond donors (Lipinski definition) is 1. The molecule has 0 saturated carbocycles. The van der Waals surface area contributed by atoms with Gasteiger partial charge in [0.25, 0.3) is 0 Å². The maximum Gasteiger partial charge on any atom is 0.119 e. The molecule has 2 rings (SSSR count). The van der Waals surface area contributed by atoms with E-state index in [9.17, 15) is 5.11 Å². The number of nitrogens with zero attached hydrogens (tertiary/aromatic N) is 1. The van der Waals surface area contributed by atoms with Crippen LogP contribution in [-0.4, -0.2) is 42.4 Å². The molecule has 1 aliphatic heterocycles. The minimum absolute atomic E-state index is 0.226. The molecule has 0 aliphatic carbocycles. The first-order chi connectivity index (χ1) is 9.24. The van der Waals surface area contributed by atoms with E-state index in [1.54, 1.807) is 0 Å². The molecule has 1 atom stereocenters. The summed E-state index contributed by atoms with van der Waals surface area (Å²) >= 11 is 0. The highest BCUT2D eigenvalue weighted by Gasteiger charge is 2.10. The lowest BCUT2D eigenvalue weighted by atomic mass is 10.1. The molecular formula is C16H25NO2. The zero-order valence-electron chi connectivity index (χ0n) is 11.8. The van der Waals surface area contributed by atoms with Crippen molar-refractivity contribution in [2.45, 2.75) is 38.7 Å². The SMILES string of the molecule is CC(O)CCc1ccc(OCCN2CCCC2)cc1. The van der Waals surface area contributed by atoms with Crippen LogP contribution < -0.4 is 4.74 Å². The first-order valence-corrected chi connectivity index (χ1v) is 7.36. The molecule has 1 unspecified atom stereocenters. The smallest absolute Gasteiger partial charge is 0.119 e. The molecule has 3 heteroatoms. The highest BCUT2D eigenvalue weighted by molar-refractivity contribution is 5.27. The quantitative estimate of drug-likeness (QED) is 0.820. The summed E-state index contributed by atoms with van der Waals surface area (Å²) in [5.41, 5.74) is 1.26. The van der Waals surface area contributed by atoms with Crippen LogP contribution in [0.5, 0.6) is 5.75 Å². The van der Waals surface area contributed by atoms with E-state index in [0.717, 1.165) is 31.7 Å². The predicted octanol–water partition coefficient (Wildman–Crippen LogP) is 2.47. The number of benzene rings is 1. The zero-order valence-corrected chi connectivity index (χ0v) is 11.8. The van der Waals surface area contributed by atoms with Crippen molar-refractivity contribution in [2.24, 2.45) is 0 Å². The topological polar surface area (TPSA) is 32.7 Å². The zero-order chi connectivity index (χ0) is 13.5. The van der Waals surface area contributed by atoms with E-state index < -0.39 is 0 Å². The predicted molar refractivity (Wildman–Crippen MR) is 77.6 cm³/mol. The lowest BCUT2D eigenvalue weighted by Crippen LogP contribution is -2.25. The van der Waals surface area contributed by atoms with Gasteiger partial charge in [-0.2, -0.15) is 0 Å². The maximum atomic E-state index is 9.26. The number of ether oxygens (including phenoxy) is 1. The van der Waals surface area contributed by atoms with Gasteiger partial charge in [0.05, 0.1) is 6.10 Å². The molecule has 1 aromatic carbocycles. The van der Waals surface area contributed by atoms with E-state index in [4.69, 9.17) is 4.74 Å². The number of aryl methyl sites for hydroxylation is 1. The fourth-order valence-corrected chi connectivity index (χ4v) is 2.43. The third kappa shape index (κ3) is 5.21. The van der Waals surface area contributed by atoms with Gasteiger partial charge < -0.3 is 9.84 Å². The van der Waals surface area contributed by atoms with Crippen LogP contribution in [0.2, 0.25) is 0 Å². The van der Waals surface area contributed by atoms with Crippen LogP contribution in [0.3, 0.4) is 0 Å². The monoisotopic (exact) mass is 263 g/mol. The van der Waals surface area contributed by atoms with Gasteiger partial charge in [-0.25, -0.2) is 0 Å². The molecule has 1 heterocycles. The molecule has 3 nitrogen and oxygen atoms in total. The normalized spacial score (nSPS) is 17.6. The Labute approximate surface area is 116 Å². The van der Waals surface area contributed by atoms with E-state index in [0.29, 0.717) is 0 Å². The minimum atomic E-state index is -0.226. The van der Waals surface area contributed by atoms with Crippen molar-refractivity contribution in [3.05, 3.63) is 29.8 Å². The van der Waals surface area contributed by atoms with Crippen molar-refractivity contribution in [1.29, 1.82) is 0 Å². The van der Waals surface area contributed by atoms with E-state index in [-0.39, 0.29) is 6.10 Å². The Balaban J connectivity index is 1.69. The third-order valence-corrected chi connectivity index (χ3v) is 3.65. The number of hydrogen-bond acceptors (Lipinski definition) is 3. The van der Waals surface area contributed by atoms with Gasteiger partial charge in [-0.15, -0.1) is 0 Å². The Morgan fingerprint density at radius 1 is 1.21 bits per heavy atom. The molecule has 1 saturated heterocycles. The molecule has 0 amide bonds. The van der Waals surface area contributed by atoms with Crippen molar-refractivity contribution in [1.82, 2.24) is 4.90 Å². The Bertz CT molecular complexity index is 356. The Morgan fingerprint density at radius 2 is 1.89 bits per heavy atom. The number of likely N-dealkylation sites (tertiary alicyclic amines) is 1. The van der Waals surface area contributed by atoms with Crippen molar-refractivity contribution in [3.63, 3.8) is 0 Å². The first-order valence-electron chi connectivity index (χ1n) is 7.36. The van der Waals surface area contributed by atoms with Crippen LogP contribution in [0, 0.1) is 0 Å². The number of rotatable bonds is 7. The van der Waals surface area contributed by atoms with Crippen LogP contribution in [0.25, 0.3) is 0 Å². The minimum Gasteiger partial charge on any atom is -0.492 e. The molecule has 1 aromatic rings. The molecule has 19 heavy (non-hydrogen) atoms. The van der Waals surface area contributed by atoms with Crippen LogP contribution in [-0.2, 0) is 6.42 Å². The number of aliphatic hydroxyl groups excluding tert-OH is 1. The van der Waals surface area contributed by atoms with Crippen molar-refractivity contribution < 1.29 is 9.84 Å². The third-order valence-electron chi connectivity index (χ3n) is 3.65. The lowest BCUT2D eigenvalue weighted by Gasteiger charge is -2.15. The largest absolute Gasteiger partial charge is 0.492 e. The second kappa shape index (κ2) is 7.51. The first kappa shape index (κ1) is 14.4. The van der Waals surface area contributed by atoms with Crippen LogP contribution >= 0.6 is 0 Å². The van der Waals surface area contributed by atoms with Gasteiger partial charge in [0.2, 0.25) is 0 Å². The van der Waals surface area contributed by atoms with Gasteiger partial charge in [0.15, 0.2) is 0 Å². The van der Waals surface area contributed by atoms with Gasteiger partial charge >= 0.3 is 0 Å². The Hall–Kier alpha value is -1.06. The summed E-state index contributed by atoms with van der Waals surface area (Å²) in [6, 6.07) is 8.24. The van der Waals surface area contributed by atoms with Crippen LogP contribution in [0.15, 0.2) is 24.3 Å². The molecule has 1 aliphatic rings. The summed E-state index contributed by atoms with van der Waals surface area (Å²) in [5.74, 6) is 0.944. The van der Waals surface area contributed by atoms with E-state index in [1.807, 2.05) is 19.1 Å². The van der Waals surface area contributed by atoms with Gasteiger partial charge in [0.1, 0.15) is 12.4 Å². The molecular weight excluding hydrogens is 238 g/mol. The van der Waals surface area contributed by atoms with Gasteiger partial charge in [0, 0.05) is 6.54 Å².